The highest BCUT2D eigenvalue weighted by Crippen LogP contribution is 2.34. The predicted molar refractivity (Wildman–Crippen MR) is 74.2 cm³/mol. The van der Waals surface area contributed by atoms with Gasteiger partial charge < -0.3 is 20.1 Å². The molecule has 19 heavy (non-hydrogen) atoms. The first-order valence-corrected chi connectivity index (χ1v) is 6.58. The summed E-state index contributed by atoms with van der Waals surface area (Å²) in [6, 6.07) is 3.25. The lowest BCUT2D eigenvalue weighted by atomic mass is 10.1. The van der Waals surface area contributed by atoms with E-state index in [1.807, 2.05) is 6.92 Å². The van der Waals surface area contributed by atoms with Gasteiger partial charge in [0.15, 0.2) is 11.6 Å². The molecule has 2 N–H and O–H groups in total. The molecule has 2 rings (SSSR count). The molecule has 1 aromatic rings. The van der Waals surface area contributed by atoms with Gasteiger partial charge in [-0.1, -0.05) is 6.92 Å². The Balaban J connectivity index is 2.37. The van der Waals surface area contributed by atoms with Crippen molar-refractivity contribution < 1.29 is 13.9 Å². The van der Waals surface area contributed by atoms with Crippen LogP contribution in [0.3, 0.4) is 0 Å². The molecule has 2 atom stereocenters. The minimum Gasteiger partial charge on any atom is -0.494 e. The Morgan fingerprint density at radius 1 is 1.53 bits per heavy atom. The quantitative estimate of drug-likeness (QED) is 0.855. The number of rotatable bonds is 3. The zero-order chi connectivity index (χ0) is 14.0. The van der Waals surface area contributed by atoms with E-state index in [-0.39, 0.29) is 17.9 Å². The summed E-state index contributed by atoms with van der Waals surface area (Å²) in [4.78, 5) is 2.19. The molecule has 5 heteroatoms. The molecule has 1 aliphatic heterocycles. The third kappa shape index (κ3) is 2.76. The van der Waals surface area contributed by atoms with E-state index in [0.717, 1.165) is 18.7 Å². The summed E-state index contributed by atoms with van der Waals surface area (Å²) in [7, 11) is 1.46. The van der Waals surface area contributed by atoms with Gasteiger partial charge in [-0.3, -0.25) is 0 Å². The fourth-order valence-corrected chi connectivity index (χ4v) is 2.44. The fraction of sp³-hybridized carbons (Fsp3) is 0.571. The molecule has 1 aromatic carbocycles. The molecule has 0 aromatic heterocycles. The van der Waals surface area contributed by atoms with Crippen molar-refractivity contribution >= 4 is 11.4 Å². The highest BCUT2D eigenvalue weighted by Gasteiger charge is 2.27. The van der Waals surface area contributed by atoms with Gasteiger partial charge in [0, 0.05) is 18.7 Å². The lowest BCUT2D eigenvalue weighted by Gasteiger charge is -2.40. The van der Waals surface area contributed by atoms with Crippen molar-refractivity contribution in [1.82, 2.24) is 0 Å². The van der Waals surface area contributed by atoms with Gasteiger partial charge in [0.25, 0.3) is 0 Å². The molecule has 0 aliphatic carbocycles. The van der Waals surface area contributed by atoms with Crippen LogP contribution in [0.25, 0.3) is 0 Å². The van der Waals surface area contributed by atoms with Gasteiger partial charge in [-0.15, -0.1) is 0 Å². The Labute approximate surface area is 113 Å². The van der Waals surface area contributed by atoms with Crippen molar-refractivity contribution in [2.24, 2.45) is 0 Å². The second kappa shape index (κ2) is 5.65. The number of nitrogen functional groups attached to an aromatic ring is 1. The summed E-state index contributed by atoms with van der Waals surface area (Å²) in [6.45, 7) is 5.54. The minimum atomic E-state index is -0.432. The van der Waals surface area contributed by atoms with Crippen molar-refractivity contribution in [1.29, 1.82) is 0 Å². The molecule has 0 radical (unpaired) electrons. The van der Waals surface area contributed by atoms with Gasteiger partial charge in [0.1, 0.15) is 0 Å². The monoisotopic (exact) mass is 268 g/mol. The summed E-state index contributed by atoms with van der Waals surface area (Å²) < 4.78 is 24.3. The van der Waals surface area contributed by atoms with Crippen LogP contribution in [0.1, 0.15) is 20.3 Å². The summed E-state index contributed by atoms with van der Waals surface area (Å²) in [5.41, 5.74) is 7.22. The number of benzene rings is 1. The van der Waals surface area contributed by atoms with Crippen LogP contribution in [0.2, 0.25) is 0 Å². The van der Waals surface area contributed by atoms with Crippen molar-refractivity contribution in [2.45, 2.75) is 32.4 Å². The maximum atomic E-state index is 13.6. The predicted octanol–water partition coefficient (Wildman–Crippen LogP) is 2.42. The number of ether oxygens (including phenoxy) is 2. The van der Waals surface area contributed by atoms with Crippen LogP contribution in [0, 0.1) is 5.82 Å². The molecular weight excluding hydrogens is 247 g/mol. The van der Waals surface area contributed by atoms with Crippen LogP contribution in [0.4, 0.5) is 15.8 Å². The Kier molecular flexibility index (Phi) is 4.14. The Morgan fingerprint density at radius 2 is 2.26 bits per heavy atom. The Bertz CT molecular complexity index is 453. The number of nitrogens with two attached hydrogens (primary N) is 1. The van der Waals surface area contributed by atoms with Crippen molar-refractivity contribution in [3.05, 3.63) is 17.9 Å². The van der Waals surface area contributed by atoms with Gasteiger partial charge in [-0.2, -0.15) is 0 Å². The van der Waals surface area contributed by atoms with Gasteiger partial charge in [0.2, 0.25) is 0 Å². The normalized spacial score (nSPS) is 23.5. The van der Waals surface area contributed by atoms with Crippen LogP contribution in [0.15, 0.2) is 12.1 Å². The smallest absolute Gasteiger partial charge is 0.167 e. The molecule has 4 nitrogen and oxygen atoms in total. The van der Waals surface area contributed by atoms with Crippen LogP contribution in [-0.2, 0) is 4.74 Å². The van der Waals surface area contributed by atoms with Crippen molar-refractivity contribution in [3.8, 4) is 5.75 Å². The first kappa shape index (κ1) is 13.9. The van der Waals surface area contributed by atoms with Crippen molar-refractivity contribution in [2.75, 3.05) is 30.9 Å². The number of halogens is 1. The van der Waals surface area contributed by atoms with E-state index in [9.17, 15) is 4.39 Å². The van der Waals surface area contributed by atoms with E-state index >= 15 is 0 Å². The summed E-state index contributed by atoms with van der Waals surface area (Å²) in [5, 5.41) is 0. The van der Waals surface area contributed by atoms with E-state index < -0.39 is 5.82 Å². The van der Waals surface area contributed by atoms with E-state index in [0.29, 0.717) is 12.3 Å². The molecule has 1 fully saturated rings. The molecule has 2 unspecified atom stereocenters. The van der Waals surface area contributed by atoms with Crippen molar-refractivity contribution in [3.63, 3.8) is 0 Å². The maximum Gasteiger partial charge on any atom is 0.167 e. The molecule has 0 spiro atoms. The Morgan fingerprint density at radius 3 is 2.89 bits per heavy atom. The molecule has 0 amide bonds. The van der Waals surface area contributed by atoms with Gasteiger partial charge in [0.05, 0.1) is 37.2 Å². The van der Waals surface area contributed by atoms with E-state index in [1.165, 1.54) is 13.2 Å². The number of hydrogen-bond donors (Lipinski definition) is 1. The average molecular weight is 268 g/mol. The van der Waals surface area contributed by atoms with Crippen LogP contribution in [-0.4, -0.2) is 32.4 Å². The van der Waals surface area contributed by atoms with Gasteiger partial charge >= 0.3 is 0 Å². The van der Waals surface area contributed by atoms with Crippen LogP contribution < -0.4 is 15.4 Å². The van der Waals surface area contributed by atoms with Crippen LogP contribution in [0.5, 0.6) is 5.75 Å². The van der Waals surface area contributed by atoms with Gasteiger partial charge in [-0.05, 0) is 13.3 Å². The molecule has 106 valence electrons. The molecule has 0 bridgehead atoms. The average Bonchev–Trinajstić information content (AvgIpc) is 2.39. The zero-order valence-electron chi connectivity index (χ0n) is 11.6. The molecule has 1 heterocycles. The lowest BCUT2D eigenvalue weighted by Crippen LogP contribution is -2.49. The second-order valence-corrected chi connectivity index (χ2v) is 4.90. The first-order valence-electron chi connectivity index (χ1n) is 6.58. The number of nitrogens with zero attached hydrogens (tertiary/aromatic N) is 1. The van der Waals surface area contributed by atoms with E-state index in [1.54, 1.807) is 6.07 Å². The zero-order valence-corrected chi connectivity index (χ0v) is 11.6. The van der Waals surface area contributed by atoms with E-state index in [4.69, 9.17) is 15.2 Å². The summed E-state index contributed by atoms with van der Waals surface area (Å²) in [5.74, 6) is -0.212. The Hall–Kier alpha value is -1.49. The minimum absolute atomic E-state index is 0.137. The molecule has 1 aliphatic rings. The number of morpholine rings is 1. The van der Waals surface area contributed by atoms with Crippen LogP contribution >= 0.6 is 0 Å². The molecule has 1 saturated heterocycles. The standard InChI is InChI=1S/C14H21FN2O2/c1-4-10-8-19-9(2)7-17(10)13-6-14(18-3)11(15)5-12(13)16/h5-6,9-10H,4,7-8,16H2,1-3H3. The second-order valence-electron chi connectivity index (χ2n) is 4.90. The largest absolute Gasteiger partial charge is 0.494 e. The molecule has 0 saturated carbocycles. The maximum absolute atomic E-state index is 13.6. The highest BCUT2D eigenvalue weighted by molar-refractivity contribution is 5.70. The highest BCUT2D eigenvalue weighted by atomic mass is 19.1. The topological polar surface area (TPSA) is 47.7 Å². The number of hydrogen-bond acceptors (Lipinski definition) is 4. The third-order valence-electron chi connectivity index (χ3n) is 3.55. The van der Waals surface area contributed by atoms with Gasteiger partial charge in [-0.25, -0.2) is 4.39 Å². The SMILES string of the molecule is CCC1COC(C)CN1c1cc(OC)c(F)cc1N. The first-order chi connectivity index (χ1) is 9.06. The lowest BCUT2D eigenvalue weighted by molar-refractivity contribution is 0.0300. The number of anilines is 2. The third-order valence-corrected chi connectivity index (χ3v) is 3.55. The number of methoxy groups -OCH3 is 1. The summed E-state index contributed by atoms with van der Waals surface area (Å²) >= 11 is 0. The summed E-state index contributed by atoms with van der Waals surface area (Å²) in [6.07, 6.45) is 1.09. The van der Waals surface area contributed by atoms with E-state index in [2.05, 4.69) is 11.8 Å². The fourth-order valence-electron chi connectivity index (χ4n) is 2.44. The molecular formula is C14H21FN2O2.